The lowest BCUT2D eigenvalue weighted by molar-refractivity contribution is -0.127. The molecule has 6 heteroatoms. The number of hydrogen-bond donors (Lipinski definition) is 1. The van der Waals surface area contributed by atoms with E-state index in [4.69, 9.17) is 4.74 Å². The molecule has 0 saturated carbocycles. The van der Waals surface area contributed by atoms with E-state index in [1.807, 2.05) is 25.1 Å². The Kier molecular flexibility index (Phi) is 5.66. The fraction of sp³-hybridized carbons (Fsp3) is 0.188. The van der Waals surface area contributed by atoms with Crippen LogP contribution in [0.4, 0.5) is 0 Å². The van der Waals surface area contributed by atoms with Gasteiger partial charge in [-0.05, 0) is 65.2 Å². The summed E-state index contributed by atoms with van der Waals surface area (Å²) >= 11 is 3.42. The summed E-state index contributed by atoms with van der Waals surface area (Å²) in [5, 5.41) is 3.90. The molecule has 22 heavy (non-hydrogen) atoms. The third kappa shape index (κ3) is 4.66. The summed E-state index contributed by atoms with van der Waals surface area (Å²) in [5.74, 6) is 0.296. The second-order valence-electron chi connectivity index (χ2n) is 4.71. The molecule has 114 valence electrons. The van der Waals surface area contributed by atoms with Gasteiger partial charge in [0.25, 0.3) is 5.91 Å². The lowest BCUT2D eigenvalue weighted by atomic mass is 10.2. The van der Waals surface area contributed by atoms with Crippen LogP contribution in [0.15, 0.2) is 52.3 Å². The lowest BCUT2D eigenvalue weighted by Crippen LogP contribution is -2.33. The van der Waals surface area contributed by atoms with Gasteiger partial charge in [-0.15, -0.1) is 0 Å². The molecule has 1 aromatic heterocycles. The first kappa shape index (κ1) is 16.2. The average Bonchev–Trinajstić information content (AvgIpc) is 2.51. The van der Waals surface area contributed by atoms with Gasteiger partial charge in [0.05, 0.1) is 10.7 Å². The van der Waals surface area contributed by atoms with E-state index >= 15 is 0 Å². The largest absolute Gasteiger partial charge is 0.480 e. The Bertz CT molecular complexity index is 674. The molecule has 0 fully saturated rings. The number of amides is 1. The van der Waals surface area contributed by atoms with Crippen molar-refractivity contribution in [3.63, 3.8) is 0 Å². The highest BCUT2D eigenvalue weighted by molar-refractivity contribution is 9.10. The molecule has 1 N–H and O–H groups in total. The van der Waals surface area contributed by atoms with Gasteiger partial charge in [-0.3, -0.25) is 9.78 Å². The van der Waals surface area contributed by atoms with Crippen LogP contribution in [0, 0.1) is 6.92 Å². The third-order valence-electron chi connectivity index (χ3n) is 2.85. The number of aryl methyl sites for hydroxylation is 1. The molecule has 0 bridgehead atoms. The molecule has 1 amide bonds. The van der Waals surface area contributed by atoms with Crippen LogP contribution in [-0.4, -0.2) is 23.2 Å². The predicted octanol–water partition coefficient (Wildman–Crippen LogP) is 3.07. The fourth-order valence-electron chi connectivity index (χ4n) is 1.66. The van der Waals surface area contributed by atoms with Gasteiger partial charge in [0, 0.05) is 12.4 Å². The van der Waals surface area contributed by atoms with E-state index < -0.39 is 6.10 Å². The van der Waals surface area contributed by atoms with Crippen LogP contribution in [-0.2, 0) is 4.79 Å². The molecule has 0 unspecified atom stereocenters. The minimum Gasteiger partial charge on any atom is -0.480 e. The molecular weight excluding hydrogens is 346 g/mol. The van der Waals surface area contributed by atoms with Crippen molar-refractivity contribution in [3.8, 4) is 5.75 Å². The van der Waals surface area contributed by atoms with Gasteiger partial charge in [0.1, 0.15) is 5.75 Å². The van der Waals surface area contributed by atoms with E-state index in [1.54, 1.807) is 37.7 Å². The molecule has 0 spiro atoms. The van der Waals surface area contributed by atoms with Crippen molar-refractivity contribution in [1.82, 2.24) is 10.4 Å². The van der Waals surface area contributed by atoms with E-state index in [-0.39, 0.29) is 5.91 Å². The number of benzene rings is 1. The zero-order chi connectivity index (χ0) is 15.9. The van der Waals surface area contributed by atoms with Crippen molar-refractivity contribution in [2.75, 3.05) is 0 Å². The number of aromatic nitrogens is 1. The van der Waals surface area contributed by atoms with Crippen molar-refractivity contribution in [2.24, 2.45) is 5.10 Å². The smallest absolute Gasteiger partial charge is 0.280 e. The van der Waals surface area contributed by atoms with Crippen LogP contribution >= 0.6 is 15.9 Å². The number of halogens is 1. The van der Waals surface area contributed by atoms with Gasteiger partial charge in [0.2, 0.25) is 0 Å². The Morgan fingerprint density at radius 3 is 2.77 bits per heavy atom. The summed E-state index contributed by atoms with van der Waals surface area (Å²) in [6.07, 6.45) is 4.20. The van der Waals surface area contributed by atoms with Gasteiger partial charge in [0.15, 0.2) is 6.10 Å². The van der Waals surface area contributed by atoms with E-state index in [1.165, 1.54) is 0 Å². The van der Waals surface area contributed by atoms with E-state index in [9.17, 15) is 4.79 Å². The Labute approximate surface area is 137 Å². The van der Waals surface area contributed by atoms with Crippen molar-refractivity contribution in [1.29, 1.82) is 0 Å². The van der Waals surface area contributed by atoms with Gasteiger partial charge in [-0.25, -0.2) is 5.43 Å². The number of nitrogens with one attached hydrogen (secondary N) is 1. The first-order valence-corrected chi connectivity index (χ1v) is 7.51. The minimum atomic E-state index is -0.659. The van der Waals surface area contributed by atoms with E-state index in [0.717, 1.165) is 15.6 Å². The SMILES string of the molecule is Cc1ccc(O[C@@H](C)C(=O)N/N=C/c2ccncc2)c(Br)c1. The van der Waals surface area contributed by atoms with E-state index in [0.29, 0.717) is 5.75 Å². The van der Waals surface area contributed by atoms with Crippen LogP contribution in [0.2, 0.25) is 0 Å². The van der Waals surface area contributed by atoms with Crippen molar-refractivity contribution < 1.29 is 9.53 Å². The lowest BCUT2D eigenvalue weighted by Gasteiger charge is -2.14. The van der Waals surface area contributed by atoms with Crippen LogP contribution < -0.4 is 10.2 Å². The summed E-state index contributed by atoms with van der Waals surface area (Å²) in [7, 11) is 0. The third-order valence-corrected chi connectivity index (χ3v) is 3.47. The molecule has 2 rings (SSSR count). The Morgan fingerprint density at radius 2 is 2.09 bits per heavy atom. The number of pyridine rings is 1. The molecule has 0 radical (unpaired) electrons. The predicted molar refractivity (Wildman–Crippen MR) is 88.9 cm³/mol. The van der Waals surface area contributed by atoms with Crippen LogP contribution in [0.1, 0.15) is 18.1 Å². The molecule has 1 atom stereocenters. The molecule has 0 aliphatic carbocycles. The van der Waals surface area contributed by atoms with Gasteiger partial charge in [-0.2, -0.15) is 5.10 Å². The first-order chi connectivity index (χ1) is 10.6. The molecule has 1 heterocycles. The van der Waals surface area contributed by atoms with Gasteiger partial charge >= 0.3 is 0 Å². The number of hydrogen-bond acceptors (Lipinski definition) is 4. The molecule has 0 saturated heterocycles. The quantitative estimate of drug-likeness (QED) is 0.657. The number of carbonyl (C=O) groups is 1. The maximum Gasteiger partial charge on any atom is 0.280 e. The summed E-state index contributed by atoms with van der Waals surface area (Å²) in [6.45, 7) is 3.65. The summed E-state index contributed by atoms with van der Waals surface area (Å²) in [5.41, 5.74) is 4.41. The zero-order valence-corrected chi connectivity index (χ0v) is 13.9. The molecular formula is C16H16BrN3O2. The second kappa shape index (κ2) is 7.70. The Balaban J connectivity index is 1.91. The molecule has 0 aliphatic heterocycles. The molecule has 1 aromatic carbocycles. The topological polar surface area (TPSA) is 63.6 Å². The standard InChI is InChI=1S/C16H16BrN3O2/c1-11-3-4-15(14(17)9-11)22-12(2)16(21)20-19-10-13-5-7-18-8-6-13/h3-10,12H,1-2H3,(H,20,21)/b19-10+/t12-/m0/s1. The fourth-order valence-corrected chi connectivity index (χ4v) is 2.24. The van der Waals surface area contributed by atoms with Gasteiger partial charge in [-0.1, -0.05) is 6.07 Å². The van der Waals surface area contributed by atoms with Crippen LogP contribution in [0.3, 0.4) is 0 Å². The summed E-state index contributed by atoms with van der Waals surface area (Å²) in [4.78, 5) is 15.8. The highest BCUT2D eigenvalue weighted by atomic mass is 79.9. The number of hydrazone groups is 1. The molecule has 0 aliphatic rings. The Morgan fingerprint density at radius 1 is 1.36 bits per heavy atom. The summed E-state index contributed by atoms with van der Waals surface area (Å²) < 4.78 is 6.43. The Hall–Kier alpha value is -2.21. The van der Waals surface area contributed by atoms with Crippen LogP contribution in [0.5, 0.6) is 5.75 Å². The highest BCUT2D eigenvalue weighted by Crippen LogP contribution is 2.26. The first-order valence-electron chi connectivity index (χ1n) is 6.72. The van der Waals surface area contributed by atoms with E-state index in [2.05, 4.69) is 31.4 Å². The minimum absolute atomic E-state index is 0.321. The number of carbonyl (C=O) groups excluding carboxylic acids is 1. The van der Waals surface area contributed by atoms with Crippen molar-refractivity contribution >= 4 is 28.1 Å². The number of ether oxygens (including phenoxy) is 1. The zero-order valence-electron chi connectivity index (χ0n) is 12.3. The molecule has 2 aromatic rings. The normalized spacial score (nSPS) is 12.1. The second-order valence-corrected chi connectivity index (χ2v) is 5.56. The number of rotatable bonds is 5. The monoisotopic (exact) mass is 361 g/mol. The summed E-state index contributed by atoms with van der Waals surface area (Å²) in [6, 6.07) is 9.26. The average molecular weight is 362 g/mol. The maximum absolute atomic E-state index is 11.9. The molecule has 5 nitrogen and oxygen atoms in total. The maximum atomic E-state index is 11.9. The van der Waals surface area contributed by atoms with Crippen LogP contribution in [0.25, 0.3) is 0 Å². The van der Waals surface area contributed by atoms with Crippen molar-refractivity contribution in [2.45, 2.75) is 20.0 Å². The highest BCUT2D eigenvalue weighted by Gasteiger charge is 2.15. The van der Waals surface area contributed by atoms with Gasteiger partial charge < -0.3 is 4.74 Å². The van der Waals surface area contributed by atoms with Crippen molar-refractivity contribution in [3.05, 3.63) is 58.3 Å². The number of nitrogens with zero attached hydrogens (tertiary/aromatic N) is 2.